The highest BCUT2D eigenvalue weighted by Crippen LogP contribution is 2.13. The maximum Gasteiger partial charge on any atom is 0.237 e. The van der Waals surface area contributed by atoms with Crippen LogP contribution < -0.4 is 10.6 Å². The summed E-state index contributed by atoms with van der Waals surface area (Å²) in [4.78, 5) is 11.8. The normalized spacial score (nSPS) is 24.6. The first-order valence-corrected chi connectivity index (χ1v) is 5.62. The Bertz CT molecular complexity index is 337. The molecule has 2 unspecified atom stereocenters. The molecule has 0 aliphatic carbocycles. The summed E-state index contributed by atoms with van der Waals surface area (Å²) in [6, 6.07) is -0.0317. The SMILES string of the molecule is CC1CCNC1C(=O)NCCn1ccnn1. The van der Waals surface area contributed by atoms with Gasteiger partial charge in [-0.1, -0.05) is 12.1 Å². The summed E-state index contributed by atoms with van der Waals surface area (Å²) in [7, 11) is 0. The second kappa shape index (κ2) is 5.07. The van der Waals surface area contributed by atoms with E-state index in [1.807, 2.05) is 0 Å². The van der Waals surface area contributed by atoms with Gasteiger partial charge < -0.3 is 10.6 Å². The smallest absolute Gasteiger partial charge is 0.237 e. The van der Waals surface area contributed by atoms with Gasteiger partial charge in [0.15, 0.2) is 0 Å². The van der Waals surface area contributed by atoms with E-state index in [1.54, 1.807) is 17.1 Å². The van der Waals surface area contributed by atoms with Crippen LogP contribution in [-0.4, -0.2) is 40.0 Å². The van der Waals surface area contributed by atoms with Crippen molar-refractivity contribution in [3.63, 3.8) is 0 Å². The summed E-state index contributed by atoms with van der Waals surface area (Å²) in [5.41, 5.74) is 0. The first-order chi connectivity index (χ1) is 7.77. The van der Waals surface area contributed by atoms with E-state index in [0.29, 0.717) is 19.0 Å². The number of rotatable bonds is 4. The Kier molecular flexibility index (Phi) is 3.51. The van der Waals surface area contributed by atoms with Crippen LogP contribution in [0.2, 0.25) is 0 Å². The number of carbonyl (C=O) groups excluding carboxylic acids is 1. The van der Waals surface area contributed by atoms with Gasteiger partial charge in [0.25, 0.3) is 0 Å². The van der Waals surface area contributed by atoms with E-state index >= 15 is 0 Å². The summed E-state index contributed by atoms with van der Waals surface area (Å²) >= 11 is 0. The summed E-state index contributed by atoms with van der Waals surface area (Å²) in [5.74, 6) is 0.511. The quantitative estimate of drug-likeness (QED) is 0.714. The van der Waals surface area contributed by atoms with Crippen molar-refractivity contribution in [2.45, 2.75) is 25.9 Å². The highest BCUT2D eigenvalue weighted by molar-refractivity contribution is 5.82. The molecule has 0 spiro atoms. The number of nitrogens with zero attached hydrogens (tertiary/aromatic N) is 3. The average molecular weight is 223 g/mol. The van der Waals surface area contributed by atoms with E-state index in [9.17, 15) is 4.79 Å². The van der Waals surface area contributed by atoms with E-state index < -0.39 is 0 Å². The second-order valence-corrected chi connectivity index (χ2v) is 4.15. The van der Waals surface area contributed by atoms with Crippen molar-refractivity contribution in [1.29, 1.82) is 0 Å². The number of aromatic nitrogens is 3. The average Bonchev–Trinajstić information content (AvgIpc) is 2.88. The predicted molar refractivity (Wildman–Crippen MR) is 58.6 cm³/mol. The van der Waals surface area contributed by atoms with E-state index in [-0.39, 0.29) is 11.9 Å². The maximum atomic E-state index is 11.8. The number of nitrogens with one attached hydrogen (secondary N) is 2. The molecule has 1 fully saturated rings. The second-order valence-electron chi connectivity index (χ2n) is 4.15. The van der Waals surface area contributed by atoms with Crippen LogP contribution in [0.5, 0.6) is 0 Å². The lowest BCUT2D eigenvalue weighted by atomic mass is 10.0. The van der Waals surface area contributed by atoms with Crippen LogP contribution in [0, 0.1) is 5.92 Å². The standard InChI is InChI=1S/C10H17N5O/c1-8-2-3-11-9(8)10(16)12-4-6-15-7-5-13-14-15/h5,7-9,11H,2-4,6H2,1H3,(H,12,16). The Hall–Kier alpha value is -1.43. The predicted octanol–water partition coefficient (Wildman–Crippen LogP) is -0.608. The van der Waals surface area contributed by atoms with Crippen LogP contribution in [0.1, 0.15) is 13.3 Å². The lowest BCUT2D eigenvalue weighted by Gasteiger charge is -2.15. The fourth-order valence-electron chi connectivity index (χ4n) is 1.94. The molecule has 16 heavy (non-hydrogen) atoms. The van der Waals surface area contributed by atoms with Crippen molar-refractivity contribution < 1.29 is 4.79 Å². The Morgan fingerprint density at radius 3 is 3.19 bits per heavy atom. The van der Waals surface area contributed by atoms with Gasteiger partial charge in [-0.25, -0.2) is 0 Å². The zero-order valence-corrected chi connectivity index (χ0v) is 9.39. The van der Waals surface area contributed by atoms with Crippen LogP contribution in [0.15, 0.2) is 12.4 Å². The Labute approximate surface area is 94.4 Å². The summed E-state index contributed by atoms with van der Waals surface area (Å²) in [6.07, 6.45) is 4.48. The summed E-state index contributed by atoms with van der Waals surface area (Å²) in [5, 5.41) is 13.6. The lowest BCUT2D eigenvalue weighted by Crippen LogP contribution is -2.44. The van der Waals surface area contributed by atoms with E-state index in [4.69, 9.17) is 0 Å². The zero-order chi connectivity index (χ0) is 11.4. The molecule has 2 rings (SSSR count). The number of amides is 1. The molecule has 88 valence electrons. The molecule has 6 heteroatoms. The molecule has 2 N–H and O–H groups in total. The number of carbonyl (C=O) groups is 1. The van der Waals surface area contributed by atoms with E-state index in [0.717, 1.165) is 13.0 Å². The van der Waals surface area contributed by atoms with Crippen LogP contribution in [-0.2, 0) is 11.3 Å². The van der Waals surface area contributed by atoms with Crippen molar-refractivity contribution in [2.75, 3.05) is 13.1 Å². The molecule has 6 nitrogen and oxygen atoms in total. The molecule has 0 radical (unpaired) electrons. The molecular weight excluding hydrogens is 206 g/mol. The molecule has 1 amide bonds. The van der Waals surface area contributed by atoms with Gasteiger partial charge in [0.1, 0.15) is 0 Å². The van der Waals surface area contributed by atoms with Gasteiger partial charge >= 0.3 is 0 Å². The van der Waals surface area contributed by atoms with Crippen LogP contribution >= 0.6 is 0 Å². The fourth-order valence-corrected chi connectivity index (χ4v) is 1.94. The molecule has 0 aromatic carbocycles. The van der Waals surface area contributed by atoms with Crippen molar-refractivity contribution in [2.24, 2.45) is 5.92 Å². The lowest BCUT2D eigenvalue weighted by molar-refractivity contribution is -0.123. The Balaban J connectivity index is 1.71. The molecule has 1 aromatic rings. The Morgan fingerprint density at radius 2 is 2.56 bits per heavy atom. The molecule has 1 aliphatic rings. The molecule has 0 saturated carbocycles. The van der Waals surface area contributed by atoms with Gasteiger partial charge in [-0.05, 0) is 18.9 Å². The van der Waals surface area contributed by atoms with Gasteiger partial charge in [-0.15, -0.1) is 5.10 Å². The molecule has 1 aliphatic heterocycles. The highest BCUT2D eigenvalue weighted by atomic mass is 16.2. The Morgan fingerprint density at radius 1 is 1.69 bits per heavy atom. The van der Waals surface area contributed by atoms with Crippen molar-refractivity contribution in [3.05, 3.63) is 12.4 Å². The minimum atomic E-state index is -0.0317. The minimum absolute atomic E-state index is 0.0317. The van der Waals surface area contributed by atoms with Gasteiger partial charge in [0.05, 0.1) is 18.8 Å². The van der Waals surface area contributed by atoms with Gasteiger partial charge in [0.2, 0.25) is 5.91 Å². The largest absolute Gasteiger partial charge is 0.353 e. The third-order valence-electron chi connectivity index (χ3n) is 2.93. The molecule has 2 atom stereocenters. The summed E-state index contributed by atoms with van der Waals surface area (Å²) < 4.78 is 1.70. The van der Waals surface area contributed by atoms with Gasteiger partial charge in [0, 0.05) is 12.7 Å². The maximum absolute atomic E-state index is 11.8. The van der Waals surface area contributed by atoms with Crippen LogP contribution in [0.4, 0.5) is 0 Å². The van der Waals surface area contributed by atoms with E-state index in [1.165, 1.54) is 0 Å². The topological polar surface area (TPSA) is 71.8 Å². The van der Waals surface area contributed by atoms with Crippen LogP contribution in [0.25, 0.3) is 0 Å². The molecule has 2 heterocycles. The van der Waals surface area contributed by atoms with Gasteiger partial charge in [-0.2, -0.15) is 0 Å². The van der Waals surface area contributed by atoms with Crippen molar-refractivity contribution in [3.8, 4) is 0 Å². The first kappa shape index (κ1) is 11.1. The number of hydrogen-bond donors (Lipinski definition) is 2. The monoisotopic (exact) mass is 223 g/mol. The molecule has 0 bridgehead atoms. The molecule has 1 aromatic heterocycles. The third kappa shape index (κ3) is 2.57. The third-order valence-corrected chi connectivity index (χ3v) is 2.93. The van der Waals surface area contributed by atoms with Crippen molar-refractivity contribution >= 4 is 5.91 Å². The minimum Gasteiger partial charge on any atom is -0.353 e. The zero-order valence-electron chi connectivity index (χ0n) is 9.39. The summed E-state index contributed by atoms with van der Waals surface area (Å²) in [6.45, 7) is 4.28. The number of hydrogen-bond acceptors (Lipinski definition) is 4. The first-order valence-electron chi connectivity index (χ1n) is 5.62. The molecule has 1 saturated heterocycles. The highest BCUT2D eigenvalue weighted by Gasteiger charge is 2.28. The van der Waals surface area contributed by atoms with Gasteiger partial charge in [-0.3, -0.25) is 9.48 Å². The van der Waals surface area contributed by atoms with E-state index in [2.05, 4.69) is 27.9 Å². The molecular formula is C10H17N5O. The van der Waals surface area contributed by atoms with Crippen molar-refractivity contribution in [1.82, 2.24) is 25.6 Å². The fraction of sp³-hybridized carbons (Fsp3) is 0.700. The van der Waals surface area contributed by atoms with Crippen LogP contribution in [0.3, 0.4) is 0 Å².